The molecule has 1 aromatic rings. The Balaban J connectivity index is 3.24. The maximum atomic E-state index is 10.9. The summed E-state index contributed by atoms with van der Waals surface area (Å²) in [7, 11) is 0. The van der Waals surface area contributed by atoms with Crippen LogP contribution in [0.5, 0.6) is 5.75 Å². The summed E-state index contributed by atoms with van der Waals surface area (Å²) in [6.45, 7) is 13.9. The Kier molecular flexibility index (Phi) is 5.37. The lowest BCUT2D eigenvalue weighted by molar-refractivity contribution is -0.130. The molecule has 0 saturated carbocycles. The Bertz CT molecular complexity index is 487. The molecule has 0 unspecified atom stereocenters. The van der Waals surface area contributed by atoms with E-state index in [2.05, 4.69) is 41.5 Å². The largest absolute Gasteiger partial charge is 0.507 e. The van der Waals surface area contributed by atoms with Crippen LogP contribution in [0.3, 0.4) is 0 Å². The number of hydrogen-bond acceptors (Lipinski definition) is 4. The smallest absolute Gasteiger partial charge is 0.314 e. The highest BCUT2D eigenvalue weighted by molar-refractivity contribution is 7.94. The Morgan fingerprint density at radius 3 is 1.86 bits per heavy atom. The van der Waals surface area contributed by atoms with Gasteiger partial charge in [0.25, 0.3) is 0 Å². The molecule has 0 saturated heterocycles. The van der Waals surface area contributed by atoms with Crippen LogP contribution in [0.15, 0.2) is 12.1 Å². The number of hydrogen-bond donors (Lipinski definition) is 1. The molecule has 1 rings (SSSR count). The third-order valence-electron chi connectivity index (χ3n) is 3.19. The van der Waals surface area contributed by atoms with Gasteiger partial charge in [0.15, 0.2) is 0 Å². The number of phenols is 1. The van der Waals surface area contributed by atoms with E-state index in [0.29, 0.717) is 11.5 Å². The standard InChI is InChI=1S/C17H26O3S/c1-11(18)20-21-10-12-8-13(16(2,3)4)15(19)14(9-12)17(5,6)7/h8-9,19H,10H2,1-7H3. The minimum Gasteiger partial charge on any atom is -0.507 e. The second kappa shape index (κ2) is 6.30. The van der Waals surface area contributed by atoms with Crippen molar-refractivity contribution in [2.75, 3.05) is 0 Å². The van der Waals surface area contributed by atoms with Crippen LogP contribution in [0.2, 0.25) is 0 Å². The first kappa shape index (κ1) is 17.9. The highest BCUT2D eigenvalue weighted by atomic mass is 32.2. The summed E-state index contributed by atoms with van der Waals surface area (Å²) in [5.74, 6) is 0.647. The van der Waals surface area contributed by atoms with Crippen molar-refractivity contribution in [3.63, 3.8) is 0 Å². The molecule has 0 radical (unpaired) electrons. The van der Waals surface area contributed by atoms with Crippen molar-refractivity contribution >= 4 is 18.0 Å². The lowest BCUT2D eigenvalue weighted by Crippen LogP contribution is -2.17. The Hall–Kier alpha value is -1.16. The quantitative estimate of drug-likeness (QED) is 0.822. The zero-order valence-corrected chi connectivity index (χ0v) is 14.9. The minimum absolute atomic E-state index is 0.147. The van der Waals surface area contributed by atoms with Crippen LogP contribution in [0.1, 0.15) is 65.2 Å². The van der Waals surface area contributed by atoms with Gasteiger partial charge >= 0.3 is 5.97 Å². The lowest BCUT2D eigenvalue weighted by Gasteiger charge is -2.28. The summed E-state index contributed by atoms with van der Waals surface area (Å²) in [4.78, 5) is 10.9. The summed E-state index contributed by atoms with van der Waals surface area (Å²) >= 11 is 1.13. The van der Waals surface area contributed by atoms with Crippen molar-refractivity contribution < 1.29 is 14.1 Å². The van der Waals surface area contributed by atoms with Crippen molar-refractivity contribution in [2.24, 2.45) is 0 Å². The second-order valence-electron chi connectivity index (χ2n) is 7.38. The number of aromatic hydroxyl groups is 1. The first-order valence-electron chi connectivity index (χ1n) is 7.10. The van der Waals surface area contributed by atoms with Crippen molar-refractivity contribution in [1.82, 2.24) is 0 Å². The van der Waals surface area contributed by atoms with Crippen LogP contribution in [0, 0.1) is 0 Å². The van der Waals surface area contributed by atoms with Crippen molar-refractivity contribution in [1.29, 1.82) is 0 Å². The predicted octanol–water partition coefficient (Wildman–Crippen LogP) is 4.70. The molecule has 0 amide bonds. The van der Waals surface area contributed by atoms with Gasteiger partial charge in [0.05, 0.1) is 17.8 Å². The van der Waals surface area contributed by atoms with Gasteiger partial charge in [-0.1, -0.05) is 53.7 Å². The summed E-state index contributed by atoms with van der Waals surface area (Å²) in [5.41, 5.74) is 2.61. The molecule has 4 heteroatoms. The molecule has 0 aliphatic heterocycles. The van der Waals surface area contributed by atoms with E-state index in [-0.39, 0.29) is 16.8 Å². The van der Waals surface area contributed by atoms with Gasteiger partial charge in [-0.25, -0.2) is 0 Å². The number of phenolic OH excluding ortho intramolecular Hbond substituents is 1. The fraction of sp³-hybridized carbons (Fsp3) is 0.588. The molecule has 118 valence electrons. The minimum atomic E-state index is -0.300. The Labute approximate surface area is 132 Å². The Morgan fingerprint density at radius 2 is 1.52 bits per heavy atom. The van der Waals surface area contributed by atoms with E-state index in [0.717, 1.165) is 28.7 Å². The van der Waals surface area contributed by atoms with E-state index in [1.165, 1.54) is 6.92 Å². The molecule has 1 aromatic carbocycles. The fourth-order valence-corrected chi connectivity index (χ4v) is 2.63. The molecule has 0 atom stereocenters. The molecule has 0 fully saturated rings. The molecule has 0 spiro atoms. The van der Waals surface area contributed by atoms with E-state index < -0.39 is 0 Å². The fourth-order valence-electron chi connectivity index (χ4n) is 2.10. The first-order chi connectivity index (χ1) is 9.43. The van der Waals surface area contributed by atoms with Gasteiger partial charge in [-0.15, -0.1) is 0 Å². The number of benzene rings is 1. The predicted molar refractivity (Wildman–Crippen MR) is 88.6 cm³/mol. The average Bonchev–Trinajstić information content (AvgIpc) is 2.27. The highest BCUT2D eigenvalue weighted by Crippen LogP contribution is 2.40. The van der Waals surface area contributed by atoms with Gasteiger partial charge in [-0.2, -0.15) is 0 Å². The molecular formula is C17H26O3S. The molecule has 1 N–H and O–H groups in total. The van der Waals surface area contributed by atoms with Crippen molar-refractivity contribution in [3.05, 3.63) is 28.8 Å². The normalized spacial score (nSPS) is 12.3. The number of rotatable bonds is 3. The second-order valence-corrected chi connectivity index (χ2v) is 8.07. The monoisotopic (exact) mass is 310 g/mol. The third kappa shape index (κ3) is 4.95. The number of carbonyl (C=O) groups is 1. The van der Waals surface area contributed by atoms with Gasteiger partial charge in [-0.3, -0.25) is 4.79 Å². The maximum Gasteiger partial charge on any atom is 0.314 e. The zero-order chi connectivity index (χ0) is 16.4. The molecule has 0 aliphatic rings. The zero-order valence-electron chi connectivity index (χ0n) is 14.0. The Morgan fingerprint density at radius 1 is 1.10 bits per heavy atom. The summed E-state index contributed by atoms with van der Waals surface area (Å²) in [5, 5.41) is 10.6. The van der Waals surface area contributed by atoms with Crippen LogP contribution in [-0.4, -0.2) is 11.1 Å². The molecule has 0 aliphatic carbocycles. The van der Waals surface area contributed by atoms with E-state index in [9.17, 15) is 9.90 Å². The van der Waals surface area contributed by atoms with Crippen molar-refractivity contribution in [2.45, 2.75) is 65.0 Å². The maximum absolute atomic E-state index is 10.9. The van der Waals surface area contributed by atoms with Gasteiger partial charge < -0.3 is 9.29 Å². The van der Waals surface area contributed by atoms with Crippen LogP contribution in [0.25, 0.3) is 0 Å². The van der Waals surface area contributed by atoms with E-state index >= 15 is 0 Å². The van der Waals surface area contributed by atoms with Crippen LogP contribution in [0.4, 0.5) is 0 Å². The molecule has 0 aromatic heterocycles. The van der Waals surface area contributed by atoms with Crippen molar-refractivity contribution in [3.8, 4) is 5.75 Å². The molecule has 21 heavy (non-hydrogen) atoms. The lowest BCUT2D eigenvalue weighted by atomic mass is 9.78. The van der Waals surface area contributed by atoms with Crippen LogP contribution >= 0.6 is 12.0 Å². The van der Waals surface area contributed by atoms with Gasteiger partial charge in [0.1, 0.15) is 5.75 Å². The van der Waals surface area contributed by atoms with E-state index in [1.54, 1.807) is 0 Å². The van der Waals surface area contributed by atoms with E-state index in [4.69, 9.17) is 4.18 Å². The SMILES string of the molecule is CC(=O)OSCc1cc(C(C)(C)C)c(O)c(C(C)(C)C)c1. The molecule has 0 heterocycles. The average molecular weight is 310 g/mol. The van der Waals surface area contributed by atoms with Crippen LogP contribution in [-0.2, 0) is 25.6 Å². The van der Waals surface area contributed by atoms with Gasteiger partial charge in [-0.05, 0) is 27.5 Å². The summed E-state index contributed by atoms with van der Waals surface area (Å²) < 4.78 is 4.94. The number of carbonyl (C=O) groups excluding carboxylic acids is 1. The highest BCUT2D eigenvalue weighted by Gasteiger charge is 2.26. The molecule has 3 nitrogen and oxygen atoms in total. The molecular weight excluding hydrogens is 284 g/mol. The van der Waals surface area contributed by atoms with E-state index in [1.807, 2.05) is 12.1 Å². The third-order valence-corrected chi connectivity index (χ3v) is 3.99. The van der Waals surface area contributed by atoms with Gasteiger partial charge in [0.2, 0.25) is 0 Å². The van der Waals surface area contributed by atoms with Gasteiger partial charge in [0, 0.05) is 6.92 Å². The molecule has 0 bridgehead atoms. The topological polar surface area (TPSA) is 46.5 Å². The van der Waals surface area contributed by atoms with Crippen LogP contribution < -0.4 is 0 Å². The first-order valence-corrected chi connectivity index (χ1v) is 8.01. The summed E-state index contributed by atoms with van der Waals surface area (Å²) in [6.07, 6.45) is 0. The summed E-state index contributed by atoms with van der Waals surface area (Å²) in [6, 6.07) is 4.00.